The summed E-state index contributed by atoms with van der Waals surface area (Å²) in [7, 11) is 0. The summed E-state index contributed by atoms with van der Waals surface area (Å²) < 4.78 is 6.19. The number of aromatic nitrogens is 1. The zero-order valence-corrected chi connectivity index (χ0v) is 18.9. The highest BCUT2D eigenvalue weighted by molar-refractivity contribution is 5.67. The first-order chi connectivity index (χ1) is 16.0. The molecule has 0 bridgehead atoms. The summed E-state index contributed by atoms with van der Waals surface area (Å²) in [6.45, 7) is 6.85. The second-order valence-electron chi connectivity index (χ2n) is 8.29. The molecule has 0 saturated carbocycles. The van der Waals surface area contributed by atoms with E-state index in [1.807, 2.05) is 48.5 Å². The Labute approximate surface area is 193 Å². The first-order valence-electron chi connectivity index (χ1n) is 11.1. The van der Waals surface area contributed by atoms with Crippen molar-refractivity contribution >= 4 is 5.69 Å². The minimum atomic E-state index is -0.660. The highest BCUT2D eigenvalue weighted by Crippen LogP contribution is 2.26. The van der Waals surface area contributed by atoms with E-state index in [-0.39, 0.29) is 11.1 Å². The first kappa shape index (κ1) is 22.6. The predicted molar refractivity (Wildman–Crippen MR) is 128 cm³/mol. The molecule has 3 aromatic rings. The number of benzene rings is 2. The van der Waals surface area contributed by atoms with Crippen molar-refractivity contribution < 1.29 is 9.84 Å². The number of aryl methyl sites for hydroxylation is 1. The second kappa shape index (κ2) is 9.90. The van der Waals surface area contributed by atoms with Crippen molar-refractivity contribution in [1.29, 1.82) is 5.26 Å². The monoisotopic (exact) mass is 444 g/mol. The van der Waals surface area contributed by atoms with Gasteiger partial charge < -0.3 is 19.7 Å². The van der Waals surface area contributed by atoms with Crippen molar-refractivity contribution in [1.82, 2.24) is 9.88 Å². The van der Waals surface area contributed by atoms with Crippen molar-refractivity contribution in [2.24, 2.45) is 0 Å². The first-order valence-corrected chi connectivity index (χ1v) is 11.1. The number of aromatic amines is 1. The van der Waals surface area contributed by atoms with Gasteiger partial charge in [0.1, 0.15) is 23.5 Å². The van der Waals surface area contributed by atoms with Crippen LogP contribution in [0.2, 0.25) is 0 Å². The molecule has 2 unspecified atom stereocenters. The Balaban J connectivity index is 1.45. The molecule has 2 aromatic carbocycles. The van der Waals surface area contributed by atoms with Gasteiger partial charge in [-0.1, -0.05) is 30.3 Å². The maximum Gasteiger partial charge on any atom is 0.266 e. The minimum absolute atomic E-state index is 0.0831. The lowest BCUT2D eigenvalue weighted by Crippen LogP contribution is -2.55. The fraction of sp³-hybridized carbons (Fsp3) is 0.308. The van der Waals surface area contributed by atoms with Gasteiger partial charge in [0.25, 0.3) is 5.56 Å². The fourth-order valence-corrected chi connectivity index (χ4v) is 4.21. The number of anilines is 1. The van der Waals surface area contributed by atoms with E-state index in [1.54, 1.807) is 19.9 Å². The smallest absolute Gasteiger partial charge is 0.266 e. The lowest BCUT2D eigenvalue weighted by Gasteiger charge is -2.40. The Hall–Kier alpha value is -3.60. The summed E-state index contributed by atoms with van der Waals surface area (Å²) in [5.74, 6) is 0.651. The molecule has 7 nitrogen and oxygen atoms in total. The summed E-state index contributed by atoms with van der Waals surface area (Å²) >= 11 is 0. The molecule has 0 amide bonds. The number of nitrogens with one attached hydrogen (secondary N) is 1. The van der Waals surface area contributed by atoms with Crippen LogP contribution in [0.4, 0.5) is 5.69 Å². The van der Waals surface area contributed by atoms with Crippen LogP contribution in [0.1, 0.15) is 18.2 Å². The number of ether oxygens (including phenoxy) is 1. The Morgan fingerprint density at radius 1 is 1.06 bits per heavy atom. The molecule has 2 heterocycles. The van der Waals surface area contributed by atoms with Gasteiger partial charge in [0.2, 0.25) is 0 Å². The van der Waals surface area contributed by atoms with Crippen LogP contribution in [0.5, 0.6) is 5.75 Å². The van der Waals surface area contributed by atoms with Gasteiger partial charge in [-0.25, -0.2) is 0 Å². The van der Waals surface area contributed by atoms with Gasteiger partial charge in [-0.3, -0.25) is 9.69 Å². The number of H-pyrrole nitrogens is 1. The molecule has 4 rings (SSSR count). The Kier molecular flexibility index (Phi) is 6.78. The maximum absolute atomic E-state index is 11.8. The largest absolute Gasteiger partial charge is 0.472 e. The van der Waals surface area contributed by atoms with E-state index < -0.39 is 12.3 Å². The maximum atomic E-state index is 11.8. The van der Waals surface area contributed by atoms with Crippen molar-refractivity contribution in [2.75, 3.05) is 31.1 Å². The average molecular weight is 445 g/mol. The highest BCUT2D eigenvalue weighted by Gasteiger charge is 2.28. The number of piperazine rings is 1. The number of para-hydroxylation sites is 1. The molecule has 2 N–H and O–H groups in total. The minimum Gasteiger partial charge on any atom is -0.472 e. The second-order valence-corrected chi connectivity index (χ2v) is 8.29. The van der Waals surface area contributed by atoms with E-state index in [1.165, 1.54) is 5.69 Å². The van der Waals surface area contributed by atoms with E-state index in [9.17, 15) is 9.90 Å². The van der Waals surface area contributed by atoms with Crippen LogP contribution in [0, 0.1) is 18.3 Å². The molecule has 0 aliphatic carbocycles. The third kappa shape index (κ3) is 5.08. The number of pyridine rings is 1. The van der Waals surface area contributed by atoms with Gasteiger partial charge >= 0.3 is 0 Å². The van der Waals surface area contributed by atoms with Crippen molar-refractivity contribution in [3.63, 3.8) is 0 Å². The number of aliphatic hydroxyl groups excluding tert-OH is 1. The summed E-state index contributed by atoms with van der Waals surface area (Å²) in [5.41, 5.74) is 3.27. The van der Waals surface area contributed by atoms with Gasteiger partial charge in [-0.15, -0.1) is 0 Å². The normalized spacial score (nSPS) is 16.1. The van der Waals surface area contributed by atoms with E-state index in [0.29, 0.717) is 11.4 Å². The van der Waals surface area contributed by atoms with Crippen molar-refractivity contribution in [2.45, 2.75) is 26.2 Å². The van der Waals surface area contributed by atoms with Crippen LogP contribution in [0.3, 0.4) is 0 Å². The molecule has 0 spiro atoms. The number of hydrogen-bond donors (Lipinski definition) is 2. The van der Waals surface area contributed by atoms with E-state index in [4.69, 9.17) is 10.00 Å². The highest BCUT2D eigenvalue weighted by atomic mass is 16.5. The number of rotatable bonds is 6. The third-order valence-corrected chi connectivity index (χ3v) is 5.99. The zero-order valence-electron chi connectivity index (χ0n) is 18.9. The number of hydrogen-bond acceptors (Lipinski definition) is 6. The van der Waals surface area contributed by atoms with E-state index in [0.717, 1.165) is 37.3 Å². The van der Waals surface area contributed by atoms with Crippen LogP contribution in [0.25, 0.3) is 11.1 Å². The van der Waals surface area contributed by atoms with Gasteiger partial charge in [0, 0.05) is 43.1 Å². The third-order valence-electron chi connectivity index (χ3n) is 5.99. The van der Waals surface area contributed by atoms with Crippen LogP contribution < -0.4 is 15.2 Å². The van der Waals surface area contributed by atoms with Gasteiger partial charge in [-0.2, -0.15) is 5.26 Å². The molecule has 7 heteroatoms. The fourth-order valence-electron chi connectivity index (χ4n) is 4.21. The van der Waals surface area contributed by atoms with Gasteiger partial charge in [-0.05, 0) is 49.7 Å². The molecule has 2 atom stereocenters. The molecule has 1 saturated heterocycles. The van der Waals surface area contributed by atoms with E-state index in [2.05, 4.69) is 26.9 Å². The number of nitrogens with zero attached hydrogens (tertiary/aromatic N) is 3. The SMILES string of the molecule is Cc1[nH]c(=O)c(C#N)cc1-c1ccc(OC(C(C)O)N2CCN(c3ccccc3)CC2)cc1. The average Bonchev–Trinajstić information content (AvgIpc) is 2.84. The summed E-state index contributed by atoms with van der Waals surface area (Å²) in [6, 6.07) is 21.4. The molecule has 170 valence electrons. The molecular weight excluding hydrogens is 416 g/mol. The lowest BCUT2D eigenvalue weighted by molar-refractivity contribution is -0.0601. The molecule has 1 aromatic heterocycles. The molecule has 1 aliphatic rings. The Morgan fingerprint density at radius 3 is 2.33 bits per heavy atom. The van der Waals surface area contributed by atoms with Crippen LogP contribution in [-0.2, 0) is 0 Å². The Morgan fingerprint density at radius 2 is 1.73 bits per heavy atom. The van der Waals surface area contributed by atoms with Crippen LogP contribution in [0.15, 0.2) is 65.5 Å². The topological polar surface area (TPSA) is 92.6 Å². The van der Waals surface area contributed by atoms with E-state index >= 15 is 0 Å². The molecule has 33 heavy (non-hydrogen) atoms. The molecular formula is C26H28N4O3. The standard InChI is InChI=1S/C26H28N4O3/c1-18-24(16-21(17-27)25(32)28-18)20-8-10-23(11-9-20)33-26(19(2)31)30-14-12-29(13-15-30)22-6-4-3-5-7-22/h3-11,16,19,26,31H,12-15H2,1-2H3,(H,28,32). The summed E-state index contributed by atoms with van der Waals surface area (Å²) in [4.78, 5) is 19.0. The summed E-state index contributed by atoms with van der Waals surface area (Å²) in [5, 5.41) is 19.6. The van der Waals surface area contributed by atoms with Crippen LogP contribution >= 0.6 is 0 Å². The zero-order chi connectivity index (χ0) is 23.4. The quantitative estimate of drug-likeness (QED) is 0.607. The number of nitriles is 1. The number of aliphatic hydroxyl groups is 1. The van der Waals surface area contributed by atoms with Crippen molar-refractivity contribution in [3.8, 4) is 22.9 Å². The molecule has 1 fully saturated rings. The lowest BCUT2D eigenvalue weighted by atomic mass is 10.0. The van der Waals surface area contributed by atoms with Crippen molar-refractivity contribution in [3.05, 3.63) is 82.3 Å². The van der Waals surface area contributed by atoms with Crippen LogP contribution in [-0.4, -0.2) is 53.5 Å². The summed E-state index contributed by atoms with van der Waals surface area (Å²) in [6.07, 6.45) is -1.11. The van der Waals surface area contributed by atoms with Gasteiger partial charge in [0.05, 0.1) is 0 Å². The Bertz CT molecular complexity index is 1170. The molecule has 0 radical (unpaired) electrons. The van der Waals surface area contributed by atoms with Gasteiger partial charge in [0.15, 0.2) is 6.23 Å². The molecule has 1 aliphatic heterocycles. The predicted octanol–water partition coefficient (Wildman–Crippen LogP) is 3.13.